The van der Waals surface area contributed by atoms with E-state index in [-0.39, 0.29) is 17.9 Å². The van der Waals surface area contributed by atoms with E-state index in [0.29, 0.717) is 35.3 Å². The Balaban J connectivity index is 1.53. The van der Waals surface area contributed by atoms with Gasteiger partial charge in [0.15, 0.2) is 0 Å². The molecular weight excluding hydrogens is 416 g/mol. The van der Waals surface area contributed by atoms with Gasteiger partial charge in [0.2, 0.25) is 0 Å². The highest BCUT2D eigenvalue weighted by atomic mass is 16.2. The van der Waals surface area contributed by atoms with E-state index in [1.807, 2.05) is 49.6 Å². The number of amides is 2. The van der Waals surface area contributed by atoms with Gasteiger partial charge >= 0.3 is 0 Å². The van der Waals surface area contributed by atoms with Crippen LogP contribution in [0, 0.1) is 0 Å². The number of benzene rings is 2. The fourth-order valence-electron chi connectivity index (χ4n) is 3.87. The molecular formula is C25H26N6O2. The molecule has 0 radical (unpaired) electrons. The Labute approximate surface area is 191 Å². The lowest BCUT2D eigenvalue weighted by atomic mass is 9.96. The summed E-state index contributed by atoms with van der Waals surface area (Å²) in [5, 5.41) is 13.6. The molecule has 8 heteroatoms. The number of aromatic amines is 1. The van der Waals surface area contributed by atoms with Crippen molar-refractivity contribution in [1.82, 2.24) is 30.2 Å². The van der Waals surface area contributed by atoms with Crippen molar-refractivity contribution < 1.29 is 9.59 Å². The quantitative estimate of drug-likeness (QED) is 0.438. The highest BCUT2D eigenvalue weighted by molar-refractivity contribution is 5.98. The third-order valence-corrected chi connectivity index (χ3v) is 5.78. The molecule has 2 heterocycles. The number of carbonyl (C=O) groups excluding carboxylic acids is 2. The van der Waals surface area contributed by atoms with Crippen LogP contribution in [0.5, 0.6) is 0 Å². The van der Waals surface area contributed by atoms with Crippen LogP contribution in [0.4, 0.5) is 0 Å². The van der Waals surface area contributed by atoms with Gasteiger partial charge in [-0.1, -0.05) is 36.9 Å². The largest absolute Gasteiger partial charge is 0.351 e. The zero-order chi connectivity index (χ0) is 23.4. The minimum atomic E-state index is -0.318. The standard InChI is InChI=1S/C25H26N6O2/c1-17(18-8-5-4-6-9-18)22(13-14-26-24(32)23-10-7-15-30(23)2)31(3)25(33)19-11-12-20-21(16-19)28-29-27-20/h4-12,15-16,22H,1,13-14H2,2-3H3,(H,26,32)(H,27,28,29). The SMILES string of the molecule is C=C(c1ccccc1)C(CCNC(=O)c1cccn1C)N(C)C(=O)c1ccc2n[nH]nc2c1. The maximum Gasteiger partial charge on any atom is 0.267 e. The van der Waals surface area contributed by atoms with Crippen molar-refractivity contribution in [2.75, 3.05) is 13.6 Å². The van der Waals surface area contributed by atoms with Crippen LogP contribution in [0.3, 0.4) is 0 Å². The van der Waals surface area contributed by atoms with Crippen molar-refractivity contribution in [2.45, 2.75) is 12.5 Å². The summed E-state index contributed by atoms with van der Waals surface area (Å²) in [6, 6.07) is 18.3. The van der Waals surface area contributed by atoms with Gasteiger partial charge < -0.3 is 14.8 Å². The fraction of sp³-hybridized carbons (Fsp3) is 0.200. The number of nitrogens with one attached hydrogen (secondary N) is 2. The number of nitrogens with zero attached hydrogens (tertiary/aromatic N) is 4. The lowest BCUT2D eigenvalue weighted by Gasteiger charge is -2.30. The summed E-state index contributed by atoms with van der Waals surface area (Å²) in [5.74, 6) is -0.312. The number of fused-ring (bicyclic) bond motifs is 1. The number of rotatable bonds is 8. The number of H-pyrrole nitrogens is 1. The Bertz CT molecular complexity index is 1290. The highest BCUT2D eigenvalue weighted by Gasteiger charge is 2.25. The van der Waals surface area contributed by atoms with Gasteiger partial charge in [-0.15, -0.1) is 0 Å². The molecule has 0 saturated heterocycles. The highest BCUT2D eigenvalue weighted by Crippen LogP contribution is 2.24. The second kappa shape index (κ2) is 9.52. The molecule has 4 aromatic rings. The first-order valence-corrected chi connectivity index (χ1v) is 10.7. The molecule has 0 aliphatic carbocycles. The summed E-state index contributed by atoms with van der Waals surface area (Å²) >= 11 is 0. The molecule has 2 N–H and O–H groups in total. The van der Waals surface area contributed by atoms with E-state index in [1.54, 1.807) is 40.8 Å². The van der Waals surface area contributed by atoms with Crippen LogP contribution >= 0.6 is 0 Å². The molecule has 33 heavy (non-hydrogen) atoms. The average Bonchev–Trinajstić information content (AvgIpc) is 3.49. The molecule has 0 bridgehead atoms. The summed E-state index contributed by atoms with van der Waals surface area (Å²) in [7, 11) is 3.58. The lowest BCUT2D eigenvalue weighted by molar-refractivity contribution is 0.0760. The molecule has 2 aromatic heterocycles. The molecule has 0 fully saturated rings. The molecule has 2 amide bonds. The van der Waals surface area contributed by atoms with Crippen molar-refractivity contribution in [3.05, 3.63) is 90.3 Å². The van der Waals surface area contributed by atoms with E-state index in [2.05, 4.69) is 27.3 Å². The summed E-state index contributed by atoms with van der Waals surface area (Å²) in [4.78, 5) is 27.5. The molecule has 0 saturated carbocycles. The van der Waals surface area contributed by atoms with Crippen LogP contribution in [0.1, 0.15) is 32.8 Å². The third kappa shape index (κ3) is 4.69. The first-order chi connectivity index (χ1) is 16.0. The Morgan fingerprint density at radius 3 is 2.55 bits per heavy atom. The predicted octanol–water partition coefficient (Wildman–Crippen LogP) is 3.27. The number of aryl methyl sites for hydroxylation is 1. The van der Waals surface area contributed by atoms with E-state index in [4.69, 9.17) is 0 Å². The number of aromatic nitrogens is 4. The number of likely N-dealkylation sites (N-methyl/N-ethyl adjacent to an activating group) is 1. The molecule has 0 aliphatic heterocycles. The Morgan fingerprint density at radius 2 is 1.82 bits per heavy atom. The monoisotopic (exact) mass is 442 g/mol. The summed E-state index contributed by atoms with van der Waals surface area (Å²) < 4.78 is 1.77. The lowest BCUT2D eigenvalue weighted by Crippen LogP contribution is -2.40. The fourth-order valence-corrected chi connectivity index (χ4v) is 3.87. The third-order valence-electron chi connectivity index (χ3n) is 5.78. The Kier molecular flexibility index (Phi) is 6.35. The molecule has 8 nitrogen and oxygen atoms in total. The van der Waals surface area contributed by atoms with Crippen LogP contribution in [-0.4, -0.2) is 56.3 Å². The second-order valence-corrected chi connectivity index (χ2v) is 7.90. The van der Waals surface area contributed by atoms with E-state index in [1.165, 1.54) is 0 Å². The van der Waals surface area contributed by atoms with Gasteiger partial charge in [0.05, 0.1) is 6.04 Å². The first kappa shape index (κ1) is 22.0. The number of hydrogen-bond acceptors (Lipinski definition) is 4. The molecule has 0 aliphatic rings. The van der Waals surface area contributed by atoms with Gasteiger partial charge in [0.25, 0.3) is 11.8 Å². The molecule has 1 unspecified atom stereocenters. The van der Waals surface area contributed by atoms with Crippen LogP contribution in [-0.2, 0) is 7.05 Å². The zero-order valence-corrected chi connectivity index (χ0v) is 18.7. The summed E-state index contributed by atoms with van der Waals surface area (Å²) in [6.07, 6.45) is 2.34. The molecule has 0 spiro atoms. The number of hydrogen-bond donors (Lipinski definition) is 2. The van der Waals surface area contributed by atoms with Crippen molar-refractivity contribution >= 4 is 28.4 Å². The number of carbonyl (C=O) groups is 2. The summed E-state index contributed by atoms with van der Waals surface area (Å²) in [5.41, 5.74) is 4.17. The second-order valence-electron chi connectivity index (χ2n) is 7.90. The zero-order valence-electron chi connectivity index (χ0n) is 18.7. The molecule has 2 aromatic carbocycles. The maximum absolute atomic E-state index is 13.4. The van der Waals surface area contributed by atoms with Crippen LogP contribution < -0.4 is 5.32 Å². The molecule has 168 valence electrons. The average molecular weight is 443 g/mol. The van der Waals surface area contributed by atoms with Gasteiger partial charge in [-0.05, 0) is 47.9 Å². The van der Waals surface area contributed by atoms with Crippen LogP contribution in [0.25, 0.3) is 16.6 Å². The minimum absolute atomic E-state index is 0.156. The Hall–Kier alpha value is -4.20. The van der Waals surface area contributed by atoms with Crippen molar-refractivity contribution in [3.8, 4) is 0 Å². The molecule has 4 rings (SSSR count). The van der Waals surface area contributed by atoms with Crippen LogP contribution in [0.15, 0.2) is 73.4 Å². The predicted molar refractivity (Wildman–Crippen MR) is 128 cm³/mol. The molecule has 1 atom stereocenters. The van der Waals surface area contributed by atoms with Crippen molar-refractivity contribution in [2.24, 2.45) is 7.05 Å². The van der Waals surface area contributed by atoms with Gasteiger partial charge in [0.1, 0.15) is 16.7 Å². The minimum Gasteiger partial charge on any atom is -0.351 e. The normalized spacial score (nSPS) is 11.8. The van der Waals surface area contributed by atoms with Gasteiger partial charge in [-0.25, -0.2) is 0 Å². The Morgan fingerprint density at radius 1 is 1.06 bits per heavy atom. The first-order valence-electron chi connectivity index (χ1n) is 10.7. The van der Waals surface area contributed by atoms with Crippen LogP contribution in [0.2, 0.25) is 0 Å². The smallest absolute Gasteiger partial charge is 0.267 e. The van der Waals surface area contributed by atoms with E-state index in [0.717, 1.165) is 11.1 Å². The topological polar surface area (TPSA) is 95.9 Å². The van der Waals surface area contributed by atoms with E-state index < -0.39 is 0 Å². The van der Waals surface area contributed by atoms with Gasteiger partial charge in [-0.2, -0.15) is 15.4 Å². The van der Waals surface area contributed by atoms with Crippen molar-refractivity contribution in [3.63, 3.8) is 0 Å². The van der Waals surface area contributed by atoms with Gasteiger partial charge in [-0.3, -0.25) is 9.59 Å². The van der Waals surface area contributed by atoms with E-state index in [9.17, 15) is 9.59 Å². The summed E-state index contributed by atoms with van der Waals surface area (Å²) in [6.45, 7) is 4.68. The maximum atomic E-state index is 13.4. The van der Waals surface area contributed by atoms with E-state index >= 15 is 0 Å². The van der Waals surface area contributed by atoms with Crippen molar-refractivity contribution in [1.29, 1.82) is 0 Å². The van der Waals surface area contributed by atoms with Gasteiger partial charge in [0, 0.05) is 32.4 Å².